The van der Waals surface area contributed by atoms with Crippen LogP contribution in [0.4, 0.5) is 0 Å². The molecule has 1 amide bonds. The van der Waals surface area contributed by atoms with E-state index in [2.05, 4.69) is 21.9 Å². The smallest absolute Gasteiger partial charge is 0.248 e. The third kappa shape index (κ3) is 8.70. The van der Waals surface area contributed by atoms with Crippen LogP contribution < -0.4 is 9.47 Å². The van der Waals surface area contributed by atoms with Crippen LogP contribution in [0.3, 0.4) is 0 Å². The number of piperidine rings is 1. The van der Waals surface area contributed by atoms with E-state index in [0.29, 0.717) is 38.5 Å². The fraction of sp³-hybridized carbons (Fsp3) is 0.567. The maximum absolute atomic E-state index is 12.7. The van der Waals surface area contributed by atoms with Crippen LogP contribution in [0.2, 0.25) is 0 Å². The van der Waals surface area contributed by atoms with Gasteiger partial charge in [0.15, 0.2) is 0 Å². The maximum Gasteiger partial charge on any atom is 0.248 e. The van der Waals surface area contributed by atoms with Crippen molar-refractivity contribution in [3.8, 4) is 11.5 Å². The third-order valence-electron chi connectivity index (χ3n) is 7.29. The zero-order valence-corrected chi connectivity index (χ0v) is 22.9. The molecule has 2 aromatic rings. The fourth-order valence-electron chi connectivity index (χ4n) is 5.17. The summed E-state index contributed by atoms with van der Waals surface area (Å²) in [6.45, 7) is 8.54. The number of ether oxygens (including phenoxy) is 3. The summed E-state index contributed by atoms with van der Waals surface area (Å²) in [5, 5.41) is 11.6. The molecule has 0 aromatic heterocycles. The van der Waals surface area contributed by atoms with Crippen molar-refractivity contribution < 1.29 is 24.1 Å². The molecule has 2 saturated heterocycles. The van der Waals surface area contributed by atoms with E-state index >= 15 is 0 Å². The topological polar surface area (TPSA) is 74.7 Å². The van der Waals surface area contributed by atoms with Crippen molar-refractivity contribution in [1.29, 1.82) is 0 Å². The average Bonchev–Trinajstić information content (AvgIpc) is 3.09. The van der Waals surface area contributed by atoms with Gasteiger partial charge in [-0.2, -0.15) is 0 Å². The molecule has 0 aliphatic carbocycles. The van der Waals surface area contributed by atoms with Crippen molar-refractivity contribution in [1.82, 2.24) is 14.7 Å². The number of hydrogen-bond donors (Lipinski definition) is 1. The summed E-state index contributed by atoms with van der Waals surface area (Å²) in [5.74, 6) is 1.44. The number of amides is 1. The highest BCUT2D eigenvalue weighted by Gasteiger charge is 2.37. The highest BCUT2D eigenvalue weighted by Crippen LogP contribution is 2.21. The summed E-state index contributed by atoms with van der Waals surface area (Å²) in [7, 11) is 1.51. The Hall–Kier alpha value is -2.65. The standard InChI is InChI=1S/C30H43N3O5/c1-25-6-10-28(11-7-25)38-24-30(35)22-32(16-17-33(23-30)29(34)21-36-2)20-26-8-12-27(13-9-26)37-19-18-31-14-4-3-5-15-31/h6-13,35H,3-5,14-24H2,1-2H3. The molecule has 8 nitrogen and oxygen atoms in total. The fourth-order valence-corrected chi connectivity index (χ4v) is 5.17. The Morgan fingerprint density at radius 3 is 2.26 bits per heavy atom. The van der Waals surface area contributed by atoms with E-state index in [1.165, 1.54) is 39.5 Å². The Kier molecular flexibility index (Phi) is 10.4. The van der Waals surface area contributed by atoms with Gasteiger partial charge in [0.05, 0.1) is 6.54 Å². The molecule has 1 N–H and O–H groups in total. The van der Waals surface area contributed by atoms with Gasteiger partial charge in [0.1, 0.15) is 36.9 Å². The minimum atomic E-state index is -1.22. The van der Waals surface area contributed by atoms with E-state index < -0.39 is 5.60 Å². The van der Waals surface area contributed by atoms with Crippen LogP contribution in [-0.2, 0) is 16.1 Å². The Morgan fingerprint density at radius 1 is 0.868 bits per heavy atom. The number of hydrogen-bond acceptors (Lipinski definition) is 7. The second-order valence-corrected chi connectivity index (χ2v) is 10.7. The Labute approximate surface area is 227 Å². The summed E-state index contributed by atoms with van der Waals surface area (Å²) in [6.07, 6.45) is 3.92. The Balaban J connectivity index is 1.35. The molecule has 2 aromatic carbocycles. The monoisotopic (exact) mass is 525 g/mol. The van der Waals surface area contributed by atoms with E-state index in [1.807, 2.05) is 43.3 Å². The summed E-state index contributed by atoms with van der Waals surface area (Å²) < 4.78 is 17.0. The van der Waals surface area contributed by atoms with E-state index in [4.69, 9.17) is 14.2 Å². The van der Waals surface area contributed by atoms with Gasteiger partial charge in [-0.1, -0.05) is 36.2 Å². The Bertz CT molecular complexity index is 994. The molecule has 0 saturated carbocycles. The summed E-state index contributed by atoms with van der Waals surface area (Å²) in [4.78, 5) is 19.0. The van der Waals surface area contributed by atoms with Gasteiger partial charge in [-0.3, -0.25) is 14.6 Å². The first-order chi connectivity index (χ1) is 18.4. The van der Waals surface area contributed by atoms with E-state index in [-0.39, 0.29) is 25.7 Å². The van der Waals surface area contributed by atoms with Gasteiger partial charge in [0, 0.05) is 39.8 Å². The number of likely N-dealkylation sites (tertiary alicyclic amines) is 1. The van der Waals surface area contributed by atoms with Crippen LogP contribution in [0.5, 0.6) is 11.5 Å². The lowest BCUT2D eigenvalue weighted by molar-refractivity contribution is -0.138. The zero-order valence-electron chi connectivity index (χ0n) is 22.9. The normalized spacial score (nSPS) is 21.2. The van der Waals surface area contributed by atoms with Crippen molar-refractivity contribution in [2.45, 2.75) is 38.3 Å². The van der Waals surface area contributed by atoms with Crippen LogP contribution in [0.25, 0.3) is 0 Å². The number of β-amino-alcohol motifs (C(OH)–C–C–N with tert-alkyl or cyclic N) is 1. The quantitative estimate of drug-likeness (QED) is 0.484. The number of carbonyl (C=O) groups excluding carboxylic acids is 1. The van der Waals surface area contributed by atoms with Gasteiger partial charge in [-0.05, 0) is 62.7 Å². The molecule has 0 spiro atoms. The number of aryl methyl sites for hydroxylation is 1. The highest BCUT2D eigenvalue weighted by molar-refractivity contribution is 5.77. The second-order valence-electron chi connectivity index (χ2n) is 10.7. The molecule has 2 aliphatic heterocycles. The number of aliphatic hydroxyl groups is 1. The molecular weight excluding hydrogens is 482 g/mol. The summed E-state index contributed by atoms with van der Waals surface area (Å²) in [5.41, 5.74) is 1.06. The van der Waals surface area contributed by atoms with Crippen molar-refractivity contribution in [3.63, 3.8) is 0 Å². The first-order valence-electron chi connectivity index (χ1n) is 13.8. The number of carbonyl (C=O) groups is 1. The average molecular weight is 526 g/mol. The lowest BCUT2D eigenvalue weighted by atomic mass is 10.0. The zero-order chi connectivity index (χ0) is 26.8. The van der Waals surface area contributed by atoms with Gasteiger partial charge < -0.3 is 24.2 Å². The first kappa shape index (κ1) is 28.4. The lowest BCUT2D eigenvalue weighted by Crippen LogP contribution is -2.52. The van der Waals surface area contributed by atoms with Gasteiger partial charge in [-0.15, -0.1) is 0 Å². The summed E-state index contributed by atoms with van der Waals surface area (Å²) in [6, 6.07) is 16.0. The number of benzene rings is 2. The molecule has 0 bridgehead atoms. The van der Waals surface area contributed by atoms with Crippen LogP contribution in [-0.4, -0.2) is 104 Å². The van der Waals surface area contributed by atoms with Crippen LogP contribution in [0, 0.1) is 6.92 Å². The van der Waals surface area contributed by atoms with Crippen LogP contribution in [0.1, 0.15) is 30.4 Å². The first-order valence-corrected chi connectivity index (χ1v) is 13.8. The maximum atomic E-state index is 12.7. The van der Waals surface area contributed by atoms with Crippen molar-refractivity contribution in [2.24, 2.45) is 0 Å². The Morgan fingerprint density at radius 2 is 1.55 bits per heavy atom. The minimum absolute atomic E-state index is 0.00583. The second kappa shape index (κ2) is 13.9. The molecule has 2 fully saturated rings. The predicted molar refractivity (Wildman–Crippen MR) is 148 cm³/mol. The molecule has 1 atom stereocenters. The minimum Gasteiger partial charge on any atom is -0.492 e. The molecule has 0 radical (unpaired) electrons. The molecule has 1 unspecified atom stereocenters. The SMILES string of the molecule is COCC(=O)N1CCN(Cc2ccc(OCCN3CCCCC3)cc2)CC(O)(COc2ccc(C)cc2)C1. The number of nitrogens with zero attached hydrogens (tertiary/aromatic N) is 3. The number of rotatable bonds is 11. The molecular formula is C30H43N3O5. The lowest BCUT2D eigenvalue weighted by Gasteiger charge is -2.33. The van der Waals surface area contributed by atoms with Crippen molar-refractivity contribution >= 4 is 5.91 Å². The molecule has 208 valence electrons. The molecule has 38 heavy (non-hydrogen) atoms. The van der Waals surface area contributed by atoms with Gasteiger partial charge in [0.2, 0.25) is 5.91 Å². The van der Waals surface area contributed by atoms with E-state index in [1.54, 1.807) is 4.90 Å². The molecule has 2 heterocycles. The summed E-state index contributed by atoms with van der Waals surface area (Å²) >= 11 is 0. The molecule has 2 aliphatic rings. The molecule has 4 rings (SSSR count). The van der Waals surface area contributed by atoms with Crippen LogP contribution in [0.15, 0.2) is 48.5 Å². The molecule has 8 heteroatoms. The van der Waals surface area contributed by atoms with E-state index in [9.17, 15) is 9.90 Å². The van der Waals surface area contributed by atoms with Crippen molar-refractivity contribution in [3.05, 3.63) is 59.7 Å². The third-order valence-corrected chi connectivity index (χ3v) is 7.29. The van der Waals surface area contributed by atoms with Gasteiger partial charge in [-0.25, -0.2) is 0 Å². The number of methoxy groups -OCH3 is 1. The predicted octanol–water partition coefficient (Wildman–Crippen LogP) is 2.96. The van der Waals surface area contributed by atoms with Crippen LogP contribution >= 0.6 is 0 Å². The van der Waals surface area contributed by atoms with Crippen molar-refractivity contribution in [2.75, 3.05) is 72.7 Å². The highest BCUT2D eigenvalue weighted by atomic mass is 16.5. The van der Waals surface area contributed by atoms with Gasteiger partial charge in [0.25, 0.3) is 0 Å². The van der Waals surface area contributed by atoms with Gasteiger partial charge >= 0.3 is 0 Å². The largest absolute Gasteiger partial charge is 0.492 e. The van der Waals surface area contributed by atoms with E-state index in [0.717, 1.165) is 23.4 Å².